The van der Waals surface area contributed by atoms with Crippen molar-refractivity contribution in [2.24, 2.45) is 0 Å². The quantitative estimate of drug-likeness (QED) is 0.603. The molecule has 1 fully saturated rings. The zero-order chi connectivity index (χ0) is 18.5. The number of rotatable bonds is 7. The summed E-state index contributed by atoms with van der Waals surface area (Å²) in [7, 11) is 0. The zero-order valence-corrected chi connectivity index (χ0v) is 15.4. The number of aromatic nitrogens is 3. The molecule has 1 aliphatic rings. The Hall–Kier alpha value is -2.95. The maximum absolute atomic E-state index is 12.3. The molecule has 0 radical (unpaired) electrons. The van der Waals surface area contributed by atoms with Crippen LogP contribution in [0.5, 0.6) is 0 Å². The maximum atomic E-state index is 12.3. The molecule has 1 saturated heterocycles. The van der Waals surface area contributed by atoms with Crippen molar-refractivity contribution in [2.45, 2.75) is 31.7 Å². The van der Waals surface area contributed by atoms with E-state index in [0.717, 1.165) is 43.6 Å². The minimum absolute atomic E-state index is 0.239. The van der Waals surface area contributed by atoms with Crippen molar-refractivity contribution in [3.8, 4) is 11.3 Å². The van der Waals surface area contributed by atoms with Gasteiger partial charge in [-0.25, -0.2) is 4.68 Å². The second kappa shape index (κ2) is 8.16. The lowest BCUT2D eigenvalue weighted by Gasteiger charge is -2.39. The third kappa shape index (κ3) is 4.25. The van der Waals surface area contributed by atoms with Gasteiger partial charge in [-0.15, -0.1) is 5.10 Å². The minimum atomic E-state index is 0.239. The molecule has 0 unspecified atom stereocenters. The van der Waals surface area contributed by atoms with Crippen LogP contribution in [0.25, 0.3) is 11.3 Å². The second-order valence-electron chi connectivity index (χ2n) is 7.10. The van der Waals surface area contributed by atoms with Gasteiger partial charge in [0.05, 0.1) is 12.2 Å². The molecule has 5 heteroatoms. The van der Waals surface area contributed by atoms with E-state index >= 15 is 0 Å². The van der Waals surface area contributed by atoms with Crippen molar-refractivity contribution < 1.29 is 4.79 Å². The number of aryl methyl sites for hydroxylation is 1. The molecular formula is C22H24N4O. The van der Waals surface area contributed by atoms with Crippen LogP contribution in [0.4, 0.5) is 0 Å². The number of carbonyl (C=O) groups is 1. The maximum Gasteiger partial charge on any atom is 0.222 e. The second-order valence-corrected chi connectivity index (χ2v) is 7.10. The van der Waals surface area contributed by atoms with E-state index in [-0.39, 0.29) is 11.9 Å². The summed E-state index contributed by atoms with van der Waals surface area (Å²) in [6.45, 7) is 1.46. The van der Waals surface area contributed by atoms with Gasteiger partial charge in [-0.05, 0) is 24.8 Å². The molecular weight excluding hydrogens is 336 g/mol. The molecule has 3 aromatic rings. The molecule has 4 rings (SSSR count). The fourth-order valence-corrected chi connectivity index (χ4v) is 3.43. The van der Waals surface area contributed by atoms with E-state index in [9.17, 15) is 4.79 Å². The Morgan fingerprint density at radius 3 is 2.41 bits per heavy atom. The van der Waals surface area contributed by atoms with Gasteiger partial charge in [0.1, 0.15) is 5.69 Å². The van der Waals surface area contributed by atoms with E-state index in [1.807, 2.05) is 52.2 Å². The summed E-state index contributed by atoms with van der Waals surface area (Å²) in [6.07, 6.45) is 5.64. The van der Waals surface area contributed by atoms with E-state index in [1.165, 1.54) is 5.56 Å². The van der Waals surface area contributed by atoms with Crippen LogP contribution in [0.3, 0.4) is 0 Å². The molecule has 1 amide bonds. The number of nitrogens with zero attached hydrogens (tertiary/aromatic N) is 4. The van der Waals surface area contributed by atoms with Crippen LogP contribution in [-0.4, -0.2) is 38.9 Å². The van der Waals surface area contributed by atoms with Gasteiger partial charge in [0.2, 0.25) is 5.91 Å². The van der Waals surface area contributed by atoms with Crippen molar-refractivity contribution in [1.82, 2.24) is 19.9 Å². The molecule has 0 saturated carbocycles. The van der Waals surface area contributed by atoms with Gasteiger partial charge >= 0.3 is 0 Å². The van der Waals surface area contributed by atoms with Gasteiger partial charge in [0, 0.05) is 25.1 Å². The SMILES string of the molecule is O=C(CCCCc1ccccc1)N1CC(n2cc(-c3ccccc3)nn2)C1. The molecule has 1 aliphatic heterocycles. The summed E-state index contributed by atoms with van der Waals surface area (Å²) in [5.41, 5.74) is 3.28. The lowest BCUT2D eigenvalue weighted by molar-refractivity contribution is -0.137. The fourth-order valence-electron chi connectivity index (χ4n) is 3.43. The molecule has 2 heterocycles. The topological polar surface area (TPSA) is 51.0 Å². The summed E-state index contributed by atoms with van der Waals surface area (Å²) >= 11 is 0. The summed E-state index contributed by atoms with van der Waals surface area (Å²) in [5, 5.41) is 8.50. The first-order chi connectivity index (χ1) is 13.3. The number of benzene rings is 2. The Morgan fingerprint density at radius 1 is 0.963 bits per heavy atom. The van der Waals surface area contributed by atoms with E-state index in [0.29, 0.717) is 6.42 Å². The minimum Gasteiger partial charge on any atom is -0.338 e. The molecule has 0 spiro atoms. The summed E-state index contributed by atoms with van der Waals surface area (Å²) < 4.78 is 1.89. The van der Waals surface area contributed by atoms with Gasteiger partial charge in [-0.1, -0.05) is 65.9 Å². The lowest BCUT2D eigenvalue weighted by Crippen LogP contribution is -2.50. The molecule has 1 aromatic heterocycles. The van der Waals surface area contributed by atoms with Gasteiger partial charge < -0.3 is 4.90 Å². The highest BCUT2D eigenvalue weighted by molar-refractivity contribution is 5.77. The van der Waals surface area contributed by atoms with Crippen LogP contribution in [0.15, 0.2) is 66.9 Å². The highest BCUT2D eigenvalue weighted by Crippen LogP contribution is 2.24. The standard InChI is InChI=1S/C22H24N4O/c27-22(14-8-7-11-18-9-3-1-4-10-18)25-15-20(16-25)26-17-21(23-24-26)19-12-5-2-6-13-19/h1-6,9-10,12-13,17,20H,7-8,11,14-16H2. The van der Waals surface area contributed by atoms with Crippen LogP contribution in [0, 0.1) is 0 Å². The van der Waals surface area contributed by atoms with Crippen LogP contribution >= 0.6 is 0 Å². The monoisotopic (exact) mass is 360 g/mol. The van der Waals surface area contributed by atoms with Crippen molar-refractivity contribution in [2.75, 3.05) is 13.1 Å². The third-order valence-electron chi connectivity index (χ3n) is 5.12. The zero-order valence-electron chi connectivity index (χ0n) is 15.4. The largest absolute Gasteiger partial charge is 0.338 e. The first-order valence-corrected chi connectivity index (χ1v) is 9.58. The van der Waals surface area contributed by atoms with E-state index in [2.05, 4.69) is 34.6 Å². The van der Waals surface area contributed by atoms with Gasteiger partial charge in [-0.3, -0.25) is 4.79 Å². The van der Waals surface area contributed by atoms with E-state index in [1.54, 1.807) is 0 Å². The van der Waals surface area contributed by atoms with Gasteiger partial charge in [0.15, 0.2) is 0 Å². The molecule has 0 atom stereocenters. The predicted octanol–water partition coefficient (Wildman–Crippen LogP) is 3.74. The smallest absolute Gasteiger partial charge is 0.222 e. The highest BCUT2D eigenvalue weighted by atomic mass is 16.2. The number of carbonyl (C=O) groups excluding carboxylic acids is 1. The molecule has 0 aliphatic carbocycles. The van der Waals surface area contributed by atoms with Crippen molar-refractivity contribution in [3.05, 3.63) is 72.4 Å². The average Bonchev–Trinajstić information content (AvgIpc) is 3.15. The van der Waals surface area contributed by atoms with Crippen LogP contribution < -0.4 is 0 Å². The number of hydrogen-bond donors (Lipinski definition) is 0. The molecule has 5 nitrogen and oxygen atoms in total. The van der Waals surface area contributed by atoms with Gasteiger partial charge in [0.25, 0.3) is 0 Å². The van der Waals surface area contributed by atoms with Crippen LogP contribution in [0.1, 0.15) is 30.9 Å². The van der Waals surface area contributed by atoms with Crippen molar-refractivity contribution >= 4 is 5.91 Å². The first kappa shape index (κ1) is 17.5. The Kier molecular flexibility index (Phi) is 5.28. The normalized spacial score (nSPS) is 14.1. The van der Waals surface area contributed by atoms with E-state index in [4.69, 9.17) is 0 Å². The Bertz CT molecular complexity index is 870. The van der Waals surface area contributed by atoms with Gasteiger partial charge in [-0.2, -0.15) is 0 Å². The Morgan fingerprint density at radius 2 is 1.67 bits per heavy atom. The predicted molar refractivity (Wildman–Crippen MR) is 105 cm³/mol. The first-order valence-electron chi connectivity index (χ1n) is 9.58. The average molecular weight is 360 g/mol. The van der Waals surface area contributed by atoms with E-state index < -0.39 is 0 Å². The number of likely N-dealkylation sites (tertiary alicyclic amines) is 1. The third-order valence-corrected chi connectivity index (χ3v) is 5.12. The van der Waals surface area contributed by atoms with Crippen LogP contribution in [-0.2, 0) is 11.2 Å². The molecule has 2 aromatic carbocycles. The molecule has 0 bridgehead atoms. The molecule has 0 N–H and O–H groups in total. The van der Waals surface area contributed by atoms with Crippen LogP contribution in [0.2, 0.25) is 0 Å². The fraction of sp³-hybridized carbons (Fsp3) is 0.318. The summed E-state index contributed by atoms with van der Waals surface area (Å²) in [4.78, 5) is 14.2. The number of amides is 1. The van der Waals surface area contributed by atoms with Crippen molar-refractivity contribution in [1.29, 1.82) is 0 Å². The molecule has 138 valence electrons. The summed E-state index contributed by atoms with van der Waals surface area (Å²) in [6, 6.07) is 20.7. The number of hydrogen-bond acceptors (Lipinski definition) is 3. The lowest BCUT2D eigenvalue weighted by atomic mass is 10.0. The summed E-state index contributed by atoms with van der Waals surface area (Å²) in [5.74, 6) is 0.253. The number of unbranched alkanes of at least 4 members (excludes halogenated alkanes) is 1. The Labute approximate surface area is 159 Å². The molecule has 27 heavy (non-hydrogen) atoms. The Balaban J connectivity index is 1.20. The highest BCUT2D eigenvalue weighted by Gasteiger charge is 2.32. The van der Waals surface area contributed by atoms with Crippen molar-refractivity contribution in [3.63, 3.8) is 0 Å².